The van der Waals surface area contributed by atoms with Gasteiger partial charge in [-0.25, -0.2) is 4.39 Å². The summed E-state index contributed by atoms with van der Waals surface area (Å²) in [5.74, 6) is 1.85. The topological polar surface area (TPSA) is 67.0 Å². The number of carbonyl (C=O) groups is 1. The number of benzene rings is 2. The number of amides is 1. The molecule has 2 aliphatic rings. The standard InChI is InChI=1S/C26H24FN3O2/c1-14(26(31)30-17-3-5-22-15(10-17)6-8-28-22)25-19-12-18(13-20(19)25)32-24-7-9-29-23-4-2-16(27)11-21(23)24/h2-11,14,18-20,25,28H,12-13H2,1H3,(H,30,31)/t14?,18-,19-,20+,25-. The molecule has 2 heterocycles. The lowest BCUT2D eigenvalue weighted by Gasteiger charge is -2.20. The van der Waals surface area contributed by atoms with Crippen molar-refractivity contribution in [3.63, 3.8) is 0 Å². The van der Waals surface area contributed by atoms with Gasteiger partial charge in [0.2, 0.25) is 5.91 Å². The molecular formula is C26H24FN3O2. The molecule has 0 saturated heterocycles. The van der Waals surface area contributed by atoms with E-state index in [1.165, 1.54) is 12.1 Å². The van der Waals surface area contributed by atoms with E-state index >= 15 is 0 Å². The highest BCUT2D eigenvalue weighted by Crippen LogP contribution is 2.61. The van der Waals surface area contributed by atoms with Gasteiger partial charge in [-0.05, 0) is 79.1 Å². The average Bonchev–Trinajstić information content (AvgIpc) is 3.12. The summed E-state index contributed by atoms with van der Waals surface area (Å²) in [5.41, 5.74) is 2.62. The maximum Gasteiger partial charge on any atom is 0.227 e. The second-order valence-electron chi connectivity index (χ2n) is 9.14. The van der Waals surface area contributed by atoms with Crippen molar-refractivity contribution in [2.24, 2.45) is 23.7 Å². The Balaban J connectivity index is 1.08. The number of nitrogens with zero attached hydrogens (tertiary/aromatic N) is 1. The number of halogens is 1. The van der Waals surface area contributed by atoms with Crippen molar-refractivity contribution in [3.8, 4) is 5.75 Å². The average molecular weight is 429 g/mol. The maximum absolute atomic E-state index is 13.7. The molecule has 2 saturated carbocycles. The zero-order valence-corrected chi connectivity index (χ0v) is 17.7. The van der Waals surface area contributed by atoms with E-state index in [-0.39, 0.29) is 23.7 Å². The summed E-state index contributed by atoms with van der Waals surface area (Å²) in [7, 11) is 0. The number of pyridine rings is 1. The smallest absolute Gasteiger partial charge is 0.227 e. The van der Waals surface area contributed by atoms with Crippen LogP contribution in [0.3, 0.4) is 0 Å². The molecule has 2 fully saturated rings. The molecule has 5 atom stereocenters. The highest BCUT2D eigenvalue weighted by atomic mass is 19.1. The molecule has 0 spiro atoms. The van der Waals surface area contributed by atoms with Crippen LogP contribution in [0.15, 0.2) is 60.9 Å². The molecule has 0 bridgehead atoms. The molecule has 2 aromatic heterocycles. The van der Waals surface area contributed by atoms with Crippen molar-refractivity contribution in [1.82, 2.24) is 9.97 Å². The number of carbonyl (C=O) groups excluding carboxylic acids is 1. The molecule has 2 N–H and O–H groups in total. The molecule has 2 aromatic carbocycles. The van der Waals surface area contributed by atoms with Gasteiger partial charge in [0.1, 0.15) is 11.6 Å². The monoisotopic (exact) mass is 429 g/mol. The zero-order valence-electron chi connectivity index (χ0n) is 17.7. The summed E-state index contributed by atoms with van der Waals surface area (Å²) in [4.78, 5) is 20.3. The highest BCUT2D eigenvalue weighted by Gasteiger charge is 2.59. The predicted molar refractivity (Wildman–Crippen MR) is 122 cm³/mol. The van der Waals surface area contributed by atoms with Crippen LogP contribution in [0.4, 0.5) is 10.1 Å². The number of aromatic nitrogens is 2. The number of rotatable bonds is 5. The second kappa shape index (κ2) is 7.33. The molecule has 4 aromatic rings. The van der Waals surface area contributed by atoms with Gasteiger partial charge in [0, 0.05) is 40.3 Å². The van der Waals surface area contributed by atoms with Crippen LogP contribution in [-0.4, -0.2) is 22.0 Å². The number of H-pyrrole nitrogens is 1. The van der Waals surface area contributed by atoms with Gasteiger partial charge in [0.25, 0.3) is 0 Å². The lowest BCUT2D eigenvalue weighted by Crippen LogP contribution is -2.25. The molecule has 1 unspecified atom stereocenters. The highest BCUT2D eigenvalue weighted by molar-refractivity contribution is 5.95. The van der Waals surface area contributed by atoms with Crippen molar-refractivity contribution in [2.45, 2.75) is 25.9 Å². The Morgan fingerprint density at radius 2 is 2.00 bits per heavy atom. The number of anilines is 1. The fraction of sp³-hybridized carbons (Fsp3) is 0.308. The lowest BCUT2D eigenvalue weighted by molar-refractivity contribution is -0.120. The third-order valence-corrected chi connectivity index (χ3v) is 7.24. The van der Waals surface area contributed by atoms with Crippen LogP contribution in [0.2, 0.25) is 0 Å². The molecule has 162 valence electrons. The van der Waals surface area contributed by atoms with Crippen molar-refractivity contribution < 1.29 is 13.9 Å². The third kappa shape index (κ3) is 3.30. The summed E-state index contributed by atoms with van der Waals surface area (Å²) in [5, 5.41) is 4.87. The van der Waals surface area contributed by atoms with E-state index in [9.17, 15) is 9.18 Å². The van der Waals surface area contributed by atoms with E-state index in [1.54, 1.807) is 18.3 Å². The van der Waals surface area contributed by atoms with Crippen LogP contribution >= 0.6 is 0 Å². The summed E-state index contributed by atoms with van der Waals surface area (Å²) in [6.45, 7) is 2.03. The number of fused-ring (bicyclic) bond motifs is 3. The first-order valence-electron chi connectivity index (χ1n) is 11.2. The van der Waals surface area contributed by atoms with Gasteiger partial charge < -0.3 is 15.0 Å². The summed E-state index contributed by atoms with van der Waals surface area (Å²) in [6, 6.07) is 14.3. The Morgan fingerprint density at radius 3 is 2.84 bits per heavy atom. The van der Waals surface area contributed by atoms with Gasteiger partial charge in [-0.15, -0.1) is 0 Å². The number of hydrogen-bond donors (Lipinski definition) is 2. The van der Waals surface area contributed by atoms with Crippen LogP contribution in [-0.2, 0) is 4.79 Å². The summed E-state index contributed by atoms with van der Waals surface area (Å²) in [6.07, 6.45) is 5.56. The van der Waals surface area contributed by atoms with Gasteiger partial charge >= 0.3 is 0 Å². The number of aromatic amines is 1. The maximum atomic E-state index is 13.7. The fourth-order valence-corrected chi connectivity index (χ4v) is 5.62. The van der Waals surface area contributed by atoms with E-state index in [0.29, 0.717) is 28.9 Å². The Hall–Kier alpha value is -3.41. The van der Waals surface area contributed by atoms with Crippen LogP contribution in [0.25, 0.3) is 21.8 Å². The second-order valence-corrected chi connectivity index (χ2v) is 9.14. The Kier molecular flexibility index (Phi) is 4.42. The quantitative estimate of drug-likeness (QED) is 0.438. The third-order valence-electron chi connectivity index (χ3n) is 7.24. The van der Waals surface area contributed by atoms with E-state index in [1.807, 2.05) is 37.4 Å². The van der Waals surface area contributed by atoms with Gasteiger partial charge in [-0.3, -0.25) is 9.78 Å². The van der Waals surface area contributed by atoms with Crippen LogP contribution < -0.4 is 10.1 Å². The molecular weight excluding hydrogens is 405 g/mol. The van der Waals surface area contributed by atoms with E-state index in [2.05, 4.69) is 15.3 Å². The molecule has 1 amide bonds. The molecule has 0 radical (unpaired) electrons. The van der Waals surface area contributed by atoms with Gasteiger partial charge in [-0.2, -0.15) is 0 Å². The molecule has 32 heavy (non-hydrogen) atoms. The first-order valence-corrected chi connectivity index (χ1v) is 11.2. The Morgan fingerprint density at radius 1 is 1.16 bits per heavy atom. The minimum atomic E-state index is -0.292. The molecule has 6 rings (SSSR count). The van der Waals surface area contributed by atoms with Gasteiger partial charge in [-0.1, -0.05) is 6.92 Å². The normalized spacial score (nSPS) is 24.9. The fourth-order valence-electron chi connectivity index (χ4n) is 5.62. The van der Waals surface area contributed by atoms with E-state index < -0.39 is 0 Å². The first kappa shape index (κ1) is 19.3. The van der Waals surface area contributed by atoms with Crippen molar-refractivity contribution in [3.05, 3.63) is 66.7 Å². The zero-order chi connectivity index (χ0) is 21.8. The van der Waals surface area contributed by atoms with Crippen molar-refractivity contribution in [2.75, 3.05) is 5.32 Å². The number of hydrogen-bond acceptors (Lipinski definition) is 3. The van der Waals surface area contributed by atoms with E-state index in [4.69, 9.17) is 4.74 Å². The van der Waals surface area contributed by atoms with Gasteiger partial charge in [0.05, 0.1) is 11.6 Å². The number of ether oxygens (including phenoxy) is 1. The minimum absolute atomic E-state index is 0.0382. The molecule has 6 heteroatoms. The summed E-state index contributed by atoms with van der Waals surface area (Å²) < 4.78 is 20.0. The first-order chi connectivity index (χ1) is 15.6. The molecule has 2 aliphatic carbocycles. The van der Waals surface area contributed by atoms with Crippen LogP contribution in [0.5, 0.6) is 5.75 Å². The van der Waals surface area contributed by atoms with Crippen molar-refractivity contribution in [1.29, 1.82) is 0 Å². The largest absolute Gasteiger partial charge is 0.490 e. The number of nitrogens with one attached hydrogen (secondary N) is 2. The molecule has 5 nitrogen and oxygen atoms in total. The SMILES string of the molecule is CC(C(=O)Nc1ccc2[nH]ccc2c1)[C@@H]1[C@@H]2C[C@@H](Oc3ccnc4ccc(F)cc34)C[C@@H]21. The Bertz CT molecular complexity index is 1320. The lowest BCUT2D eigenvalue weighted by atomic mass is 9.97. The summed E-state index contributed by atoms with van der Waals surface area (Å²) >= 11 is 0. The minimum Gasteiger partial charge on any atom is -0.490 e. The Labute approximate surface area is 185 Å². The van der Waals surface area contributed by atoms with Gasteiger partial charge in [0.15, 0.2) is 0 Å². The van der Waals surface area contributed by atoms with Crippen LogP contribution in [0.1, 0.15) is 19.8 Å². The van der Waals surface area contributed by atoms with E-state index in [0.717, 1.165) is 34.9 Å². The van der Waals surface area contributed by atoms with Crippen LogP contribution in [0, 0.1) is 29.5 Å². The molecule has 0 aliphatic heterocycles. The van der Waals surface area contributed by atoms with Crippen molar-refractivity contribution >= 4 is 33.4 Å². The predicted octanol–water partition coefficient (Wildman–Crippen LogP) is 5.53.